The third-order valence-corrected chi connectivity index (χ3v) is 2.96. The highest BCUT2D eigenvalue weighted by Crippen LogP contribution is 2.10. The molecule has 0 bridgehead atoms. The Balaban J connectivity index is 2.59. The molecule has 0 radical (unpaired) electrons. The van der Waals surface area contributed by atoms with Gasteiger partial charge in [-0.15, -0.1) is 0 Å². The standard InChI is InChI=1S/C14H21NO/c1-5-12(4)15-14(16)9-13-7-6-10(2)11(3)8-13/h6-8,12H,5,9H2,1-4H3,(H,15,16)/t12-/m1/s1. The summed E-state index contributed by atoms with van der Waals surface area (Å²) in [6, 6.07) is 6.45. The molecule has 0 fully saturated rings. The van der Waals surface area contributed by atoms with Gasteiger partial charge in [0.15, 0.2) is 0 Å². The van der Waals surface area contributed by atoms with E-state index in [9.17, 15) is 4.79 Å². The maximum Gasteiger partial charge on any atom is 0.224 e. The van der Waals surface area contributed by atoms with Crippen molar-refractivity contribution in [2.24, 2.45) is 0 Å². The van der Waals surface area contributed by atoms with Gasteiger partial charge in [0.05, 0.1) is 6.42 Å². The van der Waals surface area contributed by atoms with Crippen molar-refractivity contribution >= 4 is 5.91 Å². The molecule has 0 unspecified atom stereocenters. The minimum absolute atomic E-state index is 0.109. The monoisotopic (exact) mass is 219 g/mol. The fourth-order valence-electron chi connectivity index (χ4n) is 1.53. The first-order chi connectivity index (χ1) is 7.52. The Morgan fingerprint density at radius 3 is 2.56 bits per heavy atom. The van der Waals surface area contributed by atoms with E-state index in [1.165, 1.54) is 11.1 Å². The SMILES string of the molecule is CC[C@@H](C)NC(=O)Cc1ccc(C)c(C)c1. The Morgan fingerprint density at radius 1 is 1.31 bits per heavy atom. The number of hydrogen-bond donors (Lipinski definition) is 1. The van der Waals surface area contributed by atoms with Gasteiger partial charge < -0.3 is 5.32 Å². The molecule has 1 rings (SSSR count). The summed E-state index contributed by atoms with van der Waals surface area (Å²) in [5.41, 5.74) is 3.60. The number of benzene rings is 1. The van der Waals surface area contributed by atoms with Crippen molar-refractivity contribution in [3.8, 4) is 0 Å². The normalized spacial score (nSPS) is 12.2. The minimum atomic E-state index is 0.109. The summed E-state index contributed by atoms with van der Waals surface area (Å²) in [6.45, 7) is 8.25. The minimum Gasteiger partial charge on any atom is -0.353 e. The average molecular weight is 219 g/mol. The Labute approximate surface area is 98.1 Å². The first-order valence-corrected chi connectivity index (χ1v) is 5.88. The predicted molar refractivity (Wildman–Crippen MR) is 67.5 cm³/mol. The average Bonchev–Trinajstić information content (AvgIpc) is 2.23. The lowest BCUT2D eigenvalue weighted by Gasteiger charge is -2.11. The number of hydrogen-bond acceptors (Lipinski definition) is 1. The molecular weight excluding hydrogens is 198 g/mol. The quantitative estimate of drug-likeness (QED) is 0.829. The highest BCUT2D eigenvalue weighted by Gasteiger charge is 2.06. The van der Waals surface area contributed by atoms with Gasteiger partial charge in [0.2, 0.25) is 5.91 Å². The fraction of sp³-hybridized carbons (Fsp3) is 0.500. The zero-order chi connectivity index (χ0) is 12.1. The van der Waals surface area contributed by atoms with Crippen LogP contribution in [-0.2, 0) is 11.2 Å². The topological polar surface area (TPSA) is 29.1 Å². The van der Waals surface area contributed by atoms with Crippen LogP contribution in [-0.4, -0.2) is 11.9 Å². The van der Waals surface area contributed by atoms with E-state index >= 15 is 0 Å². The summed E-state index contributed by atoms with van der Waals surface area (Å²) in [6.07, 6.45) is 1.45. The predicted octanol–water partition coefficient (Wildman–Crippen LogP) is 2.76. The van der Waals surface area contributed by atoms with Crippen LogP contribution < -0.4 is 5.32 Å². The van der Waals surface area contributed by atoms with E-state index < -0.39 is 0 Å². The smallest absolute Gasteiger partial charge is 0.224 e. The van der Waals surface area contributed by atoms with Gasteiger partial charge in [0, 0.05) is 6.04 Å². The lowest BCUT2D eigenvalue weighted by atomic mass is 10.0. The molecule has 0 saturated carbocycles. The Kier molecular flexibility index (Phi) is 4.53. The van der Waals surface area contributed by atoms with Gasteiger partial charge in [0.1, 0.15) is 0 Å². The van der Waals surface area contributed by atoms with E-state index in [2.05, 4.69) is 38.2 Å². The second-order valence-corrected chi connectivity index (χ2v) is 4.47. The van der Waals surface area contributed by atoms with Crippen LogP contribution >= 0.6 is 0 Å². The largest absolute Gasteiger partial charge is 0.353 e. The highest BCUT2D eigenvalue weighted by atomic mass is 16.1. The third-order valence-electron chi connectivity index (χ3n) is 2.96. The molecule has 0 saturated heterocycles. The van der Waals surface area contributed by atoms with Crippen LogP contribution in [0.25, 0.3) is 0 Å². The van der Waals surface area contributed by atoms with Crippen LogP contribution in [0, 0.1) is 13.8 Å². The van der Waals surface area contributed by atoms with Crippen molar-refractivity contribution in [1.82, 2.24) is 5.32 Å². The second-order valence-electron chi connectivity index (χ2n) is 4.47. The number of nitrogens with one attached hydrogen (secondary N) is 1. The van der Waals surface area contributed by atoms with Crippen molar-refractivity contribution in [3.05, 3.63) is 34.9 Å². The van der Waals surface area contributed by atoms with Crippen molar-refractivity contribution in [2.45, 2.75) is 46.6 Å². The zero-order valence-electron chi connectivity index (χ0n) is 10.6. The Bertz CT molecular complexity index is 371. The van der Waals surface area contributed by atoms with Crippen molar-refractivity contribution < 1.29 is 4.79 Å². The zero-order valence-corrected chi connectivity index (χ0v) is 10.6. The van der Waals surface area contributed by atoms with Crippen LogP contribution in [0.5, 0.6) is 0 Å². The molecule has 2 heteroatoms. The molecule has 0 aliphatic heterocycles. The van der Waals surface area contributed by atoms with Gasteiger partial charge in [-0.25, -0.2) is 0 Å². The lowest BCUT2D eigenvalue weighted by molar-refractivity contribution is -0.121. The van der Waals surface area contributed by atoms with Crippen molar-refractivity contribution in [2.75, 3.05) is 0 Å². The van der Waals surface area contributed by atoms with E-state index in [4.69, 9.17) is 0 Å². The molecule has 0 spiro atoms. The maximum absolute atomic E-state index is 11.7. The molecule has 1 atom stereocenters. The van der Waals surface area contributed by atoms with Crippen LogP contribution in [0.15, 0.2) is 18.2 Å². The van der Waals surface area contributed by atoms with Gasteiger partial charge in [-0.05, 0) is 43.9 Å². The van der Waals surface area contributed by atoms with Gasteiger partial charge in [-0.2, -0.15) is 0 Å². The molecule has 1 amide bonds. The maximum atomic E-state index is 11.7. The van der Waals surface area contributed by atoms with Crippen molar-refractivity contribution in [1.29, 1.82) is 0 Å². The molecule has 0 aromatic heterocycles. The summed E-state index contributed by atoms with van der Waals surface area (Å²) in [4.78, 5) is 11.7. The summed E-state index contributed by atoms with van der Waals surface area (Å²) in [7, 11) is 0. The van der Waals surface area contributed by atoms with E-state index in [-0.39, 0.29) is 11.9 Å². The number of carbonyl (C=O) groups excluding carboxylic acids is 1. The van der Waals surface area contributed by atoms with Crippen LogP contribution in [0.4, 0.5) is 0 Å². The fourth-order valence-corrected chi connectivity index (χ4v) is 1.53. The molecule has 0 aliphatic carbocycles. The van der Waals surface area contributed by atoms with E-state index in [1.54, 1.807) is 0 Å². The second kappa shape index (κ2) is 5.69. The number of carbonyl (C=O) groups is 1. The Morgan fingerprint density at radius 2 is 2.00 bits per heavy atom. The first kappa shape index (κ1) is 12.8. The van der Waals surface area contributed by atoms with Gasteiger partial charge in [-0.1, -0.05) is 25.1 Å². The summed E-state index contributed by atoms with van der Waals surface area (Å²) in [5.74, 6) is 0.109. The Hall–Kier alpha value is -1.31. The van der Waals surface area contributed by atoms with Crippen molar-refractivity contribution in [3.63, 3.8) is 0 Å². The molecule has 1 aromatic carbocycles. The molecule has 0 aliphatic rings. The number of rotatable bonds is 4. The summed E-state index contributed by atoms with van der Waals surface area (Å²) in [5, 5.41) is 2.97. The van der Waals surface area contributed by atoms with E-state index in [0.29, 0.717) is 6.42 Å². The van der Waals surface area contributed by atoms with Crippen LogP contribution in [0.2, 0.25) is 0 Å². The summed E-state index contributed by atoms with van der Waals surface area (Å²) >= 11 is 0. The molecule has 0 heterocycles. The van der Waals surface area contributed by atoms with Crippen LogP contribution in [0.1, 0.15) is 37.0 Å². The first-order valence-electron chi connectivity index (χ1n) is 5.88. The lowest BCUT2D eigenvalue weighted by Crippen LogP contribution is -2.33. The number of amides is 1. The third kappa shape index (κ3) is 3.69. The van der Waals surface area contributed by atoms with Gasteiger partial charge in [-0.3, -0.25) is 4.79 Å². The molecule has 1 aromatic rings. The van der Waals surface area contributed by atoms with Gasteiger partial charge >= 0.3 is 0 Å². The van der Waals surface area contributed by atoms with Crippen LogP contribution in [0.3, 0.4) is 0 Å². The van der Waals surface area contributed by atoms with E-state index in [0.717, 1.165) is 12.0 Å². The highest BCUT2D eigenvalue weighted by molar-refractivity contribution is 5.78. The summed E-state index contributed by atoms with van der Waals surface area (Å²) < 4.78 is 0. The molecule has 88 valence electrons. The molecular formula is C14H21NO. The molecule has 1 N–H and O–H groups in total. The van der Waals surface area contributed by atoms with Gasteiger partial charge in [0.25, 0.3) is 0 Å². The molecule has 2 nitrogen and oxygen atoms in total. The molecule has 16 heavy (non-hydrogen) atoms. The number of aryl methyl sites for hydroxylation is 2. The van der Waals surface area contributed by atoms with E-state index in [1.807, 2.05) is 13.0 Å².